The Bertz CT molecular complexity index is 546. The fourth-order valence-electron chi connectivity index (χ4n) is 3.76. The molecule has 1 aliphatic carbocycles. The summed E-state index contributed by atoms with van der Waals surface area (Å²) in [5, 5.41) is 2.92. The van der Waals surface area contributed by atoms with Crippen molar-refractivity contribution in [2.24, 2.45) is 11.8 Å². The smallest absolute Gasteiger partial charge is 0.221 e. The molecule has 1 N–H and O–H groups in total. The largest absolute Gasteiger partial charge is 0.352 e. The number of hydrogen-bond acceptors (Lipinski definition) is 3. The Morgan fingerprint density at radius 2 is 1.96 bits per heavy atom. The molecule has 1 saturated heterocycles. The molecule has 2 atom stereocenters. The number of rotatable bonds is 7. The minimum atomic E-state index is -0.250. The summed E-state index contributed by atoms with van der Waals surface area (Å²) in [6.07, 6.45) is 3.28. The van der Waals surface area contributed by atoms with Crippen LogP contribution < -0.4 is 5.32 Å². The third-order valence-corrected chi connectivity index (χ3v) is 5.36. The molecule has 1 heterocycles. The Kier molecular flexibility index (Phi) is 5.51. The fourth-order valence-corrected chi connectivity index (χ4v) is 3.76. The number of hydrogen-bond donors (Lipinski definition) is 1. The zero-order chi connectivity index (χ0) is 17.1. The van der Waals surface area contributed by atoms with Gasteiger partial charge in [0.1, 0.15) is 5.82 Å². The molecule has 1 saturated carbocycles. The lowest BCUT2D eigenvalue weighted by Crippen LogP contribution is -2.36. The SMILES string of the molecule is CN(C)[C@@H]1CN(CCC(=O)NCc2ccc(F)cc2)C[C@H]1C1CC1. The molecule has 132 valence electrons. The summed E-state index contributed by atoms with van der Waals surface area (Å²) in [4.78, 5) is 16.8. The van der Waals surface area contributed by atoms with Crippen LogP contribution in [0.1, 0.15) is 24.8 Å². The van der Waals surface area contributed by atoms with Crippen molar-refractivity contribution in [2.45, 2.75) is 31.8 Å². The number of likely N-dealkylation sites (tertiary alicyclic amines) is 1. The molecule has 2 aliphatic rings. The lowest BCUT2D eigenvalue weighted by molar-refractivity contribution is -0.121. The van der Waals surface area contributed by atoms with Gasteiger partial charge in [-0.3, -0.25) is 4.79 Å². The first-order valence-corrected chi connectivity index (χ1v) is 8.93. The number of benzene rings is 1. The lowest BCUT2D eigenvalue weighted by Gasteiger charge is -2.25. The zero-order valence-corrected chi connectivity index (χ0v) is 14.7. The van der Waals surface area contributed by atoms with Gasteiger partial charge in [0.2, 0.25) is 5.91 Å². The zero-order valence-electron chi connectivity index (χ0n) is 14.7. The van der Waals surface area contributed by atoms with Crippen molar-refractivity contribution in [1.29, 1.82) is 0 Å². The van der Waals surface area contributed by atoms with E-state index in [1.165, 1.54) is 25.0 Å². The molecular weight excluding hydrogens is 305 g/mol. The number of carbonyl (C=O) groups is 1. The van der Waals surface area contributed by atoms with E-state index in [2.05, 4.69) is 29.2 Å². The van der Waals surface area contributed by atoms with Gasteiger partial charge in [0.05, 0.1) is 0 Å². The minimum absolute atomic E-state index is 0.0654. The van der Waals surface area contributed by atoms with Crippen LogP contribution in [0.2, 0.25) is 0 Å². The quantitative estimate of drug-likeness (QED) is 0.830. The Hall–Kier alpha value is -1.46. The van der Waals surface area contributed by atoms with Crippen molar-refractivity contribution in [1.82, 2.24) is 15.1 Å². The molecule has 0 spiro atoms. The van der Waals surface area contributed by atoms with Gasteiger partial charge in [-0.25, -0.2) is 4.39 Å². The Labute approximate surface area is 144 Å². The van der Waals surface area contributed by atoms with Crippen LogP contribution in [0.15, 0.2) is 24.3 Å². The maximum atomic E-state index is 12.9. The van der Waals surface area contributed by atoms with E-state index in [1.807, 2.05) is 0 Å². The molecule has 1 aromatic carbocycles. The van der Waals surface area contributed by atoms with Crippen molar-refractivity contribution in [3.63, 3.8) is 0 Å². The highest BCUT2D eigenvalue weighted by Gasteiger charge is 2.42. The molecule has 5 heteroatoms. The Morgan fingerprint density at radius 3 is 2.58 bits per heavy atom. The Balaban J connectivity index is 1.40. The predicted octanol–water partition coefficient (Wildman–Crippen LogP) is 2.10. The second-order valence-corrected chi connectivity index (χ2v) is 7.45. The van der Waals surface area contributed by atoms with E-state index in [9.17, 15) is 9.18 Å². The molecule has 0 aromatic heterocycles. The van der Waals surface area contributed by atoms with Gasteiger partial charge in [-0.05, 0) is 56.5 Å². The Morgan fingerprint density at radius 1 is 1.25 bits per heavy atom. The first-order chi connectivity index (χ1) is 11.5. The van der Waals surface area contributed by atoms with Crippen LogP contribution in [0, 0.1) is 17.7 Å². The summed E-state index contributed by atoms with van der Waals surface area (Å²) < 4.78 is 12.9. The molecule has 1 aromatic rings. The van der Waals surface area contributed by atoms with Crippen molar-refractivity contribution in [3.8, 4) is 0 Å². The van der Waals surface area contributed by atoms with Gasteiger partial charge in [0, 0.05) is 38.6 Å². The average molecular weight is 333 g/mol. The fraction of sp³-hybridized carbons (Fsp3) is 0.632. The summed E-state index contributed by atoms with van der Waals surface area (Å²) in [5.41, 5.74) is 0.924. The van der Waals surface area contributed by atoms with Gasteiger partial charge in [-0.2, -0.15) is 0 Å². The van der Waals surface area contributed by atoms with Gasteiger partial charge in [-0.15, -0.1) is 0 Å². The predicted molar refractivity (Wildman–Crippen MR) is 93.0 cm³/mol. The highest BCUT2D eigenvalue weighted by atomic mass is 19.1. The highest BCUT2D eigenvalue weighted by molar-refractivity contribution is 5.76. The molecule has 0 unspecified atom stereocenters. The molecule has 1 amide bonds. The molecule has 0 radical (unpaired) electrons. The van der Waals surface area contributed by atoms with E-state index in [0.29, 0.717) is 19.0 Å². The van der Waals surface area contributed by atoms with Crippen LogP contribution in [0.5, 0.6) is 0 Å². The third-order valence-electron chi connectivity index (χ3n) is 5.36. The van der Waals surface area contributed by atoms with Gasteiger partial charge >= 0.3 is 0 Å². The van der Waals surface area contributed by atoms with Crippen molar-refractivity contribution in [3.05, 3.63) is 35.6 Å². The first-order valence-electron chi connectivity index (χ1n) is 8.93. The standard InChI is InChI=1S/C19H28FN3O/c1-22(2)18-13-23(12-17(18)15-5-6-15)10-9-19(24)21-11-14-3-7-16(20)8-4-14/h3-4,7-8,15,17-18H,5-6,9-13H2,1-2H3,(H,21,24)/t17-,18+/m0/s1. The van der Waals surface area contributed by atoms with Gasteiger partial charge in [-0.1, -0.05) is 12.1 Å². The molecule has 1 aliphatic heterocycles. The van der Waals surface area contributed by atoms with Crippen LogP contribution in [0.3, 0.4) is 0 Å². The summed E-state index contributed by atoms with van der Waals surface area (Å²) >= 11 is 0. The highest BCUT2D eigenvalue weighted by Crippen LogP contribution is 2.42. The topological polar surface area (TPSA) is 35.6 Å². The third kappa shape index (κ3) is 4.54. The molecule has 2 fully saturated rings. The molecule has 24 heavy (non-hydrogen) atoms. The van der Waals surface area contributed by atoms with Gasteiger partial charge in [0.15, 0.2) is 0 Å². The minimum Gasteiger partial charge on any atom is -0.352 e. The molecular formula is C19H28FN3O. The molecule has 4 nitrogen and oxygen atoms in total. The average Bonchev–Trinajstić information content (AvgIpc) is 3.31. The van der Waals surface area contributed by atoms with Crippen LogP contribution >= 0.6 is 0 Å². The molecule has 3 rings (SSSR count). The summed E-state index contributed by atoms with van der Waals surface area (Å²) in [7, 11) is 4.33. The number of nitrogens with one attached hydrogen (secondary N) is 1. The van der Waals surface area contributed by atoms with Crippen LogP contribution in [-0.2, 0) is 11.3 Å². The molecule has 0 bridgehead atoms. The monoisotopic (exact) mass is 333 g/mol. The van der Waals surface area contributed by atoms with Gasteiger partial charge in [0.25, 0.3) is 0 Å². The summed E-state index contributed by atoms with van der Waals surface area (Å²) in [6.45, 7) is 3.48. The van der Waals surface area contributed by atoms with Crippen LogP contribution in [0.4, 0.5) is 4.39 Å². The summed E-state index contributed by atoms with van der Waals surface area (Å²) in [6, 6.07) is 6.88. The van der Waals surface area contributed by atoms with Crippen LogP contribution in [-0.4, -0.2) is 55.5 Å². The maximum Gasteiger partial charge on any atom is 0.221 e. The van der Waals surface area contributed by atoms with Gasteiger partial charge < -0.3 is 15.1 Å². The maximum absolute atomic E-state index is 12.9. The van der Waals surface area contributed by atoms with E-state index >= 15 is 0 Å². The lowest BCUT2D eigenvalue weighted by atomic mass is 9.97. The number of nitrogens with zero attached hydrogens (tertiary/aromatic N) is 2. The number of amides is 1. The second-order valence-electron chi connectivity index (χ2n) is 7.45. The van der Waals surface area contributed by atoms with Crippen LogP contribution in [0.25, 0.3) is 0 Å². The van der Waals surface area contributed by atoms with Crippen molar-refractivity contribution >= 4 is 5.91 Å². The van der Waals surface area contributed by atoms with Crippen molar-refractivity contribution < 1.29 is 9.18 Å². The van der Waals surface area contributed by atoms with E-state index in [1.54, 1.807) is 12.1 Å². The number of halogens is 1. The number of likely N-dealkylation sites (N-methyl/N-ethyl adjacent to an activating group) is 1. The summed E-state index contributed by atoms with van der Waals surface area (Å²) in [5.74, 6) is 1.48. The normalized spacial score (nSPS) is 24.5. The van der Waals surface area contributed by atoms with E-state index in [4.69, 9.17) is 0 Å². The van der Waals surface area contributed by atoms with E-state index in [-0.39, 0.29) is 11.7 Å². The first kappa shape index (κ1) is 17.4. The second kappa shape index (κ2) is 7.62. The van der Waals surface area contributed by atoms with E-state index in [0.717, 1.165) is 37.0 Å². The number of carbonyl (C=O) groups excluding carboxylic acids is 1. The van der Waals surface area contributed by atoms with Crippen molar-refractivity contribution in [2.75, 3.05) is 33.7 Å². The van der Waals surface area contributed by atoms with E-state index < -0.39 is 0 Å².